The highest BCUT2D eigenvalue weighted by atomic mass is 16.3. The molecule has 0 aliphatic rings. The second kappa shape index (κ2) is 5.65. The van der Waals surface area contributed by atoms with E-state index in [1.807, 2.05) is 42.5 Å². The second-order valence-corrected chi connectivity index (χ2v) is 4.46. The Morgan fingerprint density at radius 1 is 1.22 bits per heavy atom. The van der Waals surface area contributed by atoms with Gasteiger partial charge in [0.2, 0.25) is 5.91 Å². The monoisotopic (exact) mass is 243 g/mol. The molecule has 2 aromatic rings. The molecule has 2 aromatic carbocycles. The van der Waals surface area contributed by atoms with Crippen LogP contribution < -0.4 is 5.32 Å². The van der Waals surface area contributed by atoms with Crippen molar-refractivity contribution in [1.29, 1.82) is 0 Å². The molecular formula is C15H17NO2. The number of amides is 1. The summed E-state index contributed by atoms with van der Waals surface area (Å²) in [5.41, 5.74) is 0.823. The summed E-state index contributed by atoms with van der Waals surface area (Å²) in [6, 6.07) is 13.8. The minimum Gasteiger partial charge on any atom is -0.393 e. The first-order chi connectivity index (χ1) is 8.66. The van der Waals surface area contributed by atoms with Crippen LogP contribution in [0.3, 0.4) is 0 Å². The molecule has 18 heavy (non-hydrogen) atoms. The van der Waals surface area contributed by atoms with Gasteiger partial charge in [0, 0.05) is 17.5 Å². The maximum absolute atomic E-state index is 11.7. The number of benzene rings is 2. The molecule has 0 fully saturated rings. The molecule has 0 aliphatic carbocycles. The SMILES string of the molecule is CC(O)CCC(=O)Nc1cccc2ccccc12. The van der Waals surface area contributed by atoms with Gasteiger partial charge in [0.1, 0.15) is 0 Å². The van der Waals surface area contributed by atoms with Crippen LogP contribution in [0.4, 0.5) is 5.69 Å². The van der Waals surface area contributed by atoms with Gasteiger partial charge in [-0.3, -0.25) is 4.79 Å². The van der Waals surface area contributed by atoms with Gasteiger partial charge in [-0.1, -0.05) is 36.4 Å². The van der Waals surface area contributed by atoms with Crippen molar-refractivity contribution in [3.63, 3.8) is 0 Å². The summed E-state index contributed by atoms with van der Waals surface area (Å²) in [4.78, 5) is 11.7. The molecule has 0 saturated heterocycles. The molecule has 0 aliphatic heterocycles. The van der Waals surface area contributed by atoms with Crippen molar-refractivity contribution in [2.45, 2.75) is 25.9 Å². The van der Waals surface area contributed by atoms with Crippen molar-refractivity contribution in [2.24, 2.45) is 0 Å². The maximum atomic E-state index is 11.7. The summed E-state index contributed by atoms with van der Waals surface area (Å²) >= 11 is 0. The minimum absolute atomic E-state index is 0.0627. The van der Waals surface area contributed by atoms with Gasteiger partial charge in [0.05, 0.1) is 6.10 Å². The topological polar surface area (TPSA) is 49.3 Å². The van der Waals surface area contributed by atoms with Crippen molar-refractivity contribution < 1.29 is 9.90 Å². The van der Waals surface area contributed by atoms with Crippen LogP contribution in [-0.2, 0) is 4.79 Å². The van der Waals surface area contributed by atoms with Crippen molar-refractivity contribution >= 4 is 22.4 Å². The van der Waals surface area contributed by atoms with E-state index < -0.39 is 6.10 Å². The zero-order valence-electron chi connectivity index (χ0n) is 10.4. The molecule has 2 N–H and O–H groups in total. The number of fused-ring (bicyclic) bond motifs is 1. The third-order valence-electron chi connectivity index (χ3n) is 2.85. The average Bonchev–Trinajstić information content (AvgIpc) is 2.37. The standard InChI is InChI=1S/C15H17NO2/c1-11(17)9-10-15(18)16-14-8-4-6-12-5-2-3-7-13(12)14/h2-8,11,17H,9-10H2,1H3,(H,16,18). The minimum atomic E-state index is -0.441. The molecule has 0 aromatic heterocycles. The smallest absolute Gasteiger partial charge is 0.224 e. The molecule has 2 rings (SSSR count). The third kappa shape index (κ3) is 3.08. The fourth-order valence-electron chi connectivity index (χ4n) is 1.89. The molecule has 1 atom stereocenters. The lowest BCUT2D eigenvalue weighted by atomic mass is 10.1. The van der Waals surface area contributed by atoms with Crippen LogP contribution in [-0.4, -0.2) is 17.1 Å². The van der Waals surface area contributed by atoms with Crippen molar-refractivity contribution in [2.75, 3.05) is 5.32 Å². The van der Waals surface area contributed by atoms with Crippen molar-refractivity contribution in [1.82, 2.24) is 0 Å². The molecule has 0 radical (unpaired) electrons. The quantitative estimate of drug-likeness (QED) is 0.867. The van der Waals surface area contributed by atoms with E-state index in [-0.39, 0.29) is 5.91 Å². The molecule has 0 heterocycles. The van der Waals surface area contributed by atoms with E-state index in [0.29, 0.717) is 12.8 Å². The zero-order valence-corrected chi connectivity index (χ0v) is 10.4. The molecule has 0 spiro atoms. The van der Waals surface area contributed by atoms with Crippen LogP contribution in [0.1, 0.15) is 19.8 Å². The number of rotatable bonds is 4. The Bertz CT molecular complexity index is 544. The Kier molecular flexibility index (Phi) is 3.95. The van der Waals surface area contributed by atoms with Gasteiger partial charge < -0.3 is 10.4 Å². The lowest BCUT2D eigenvalue weighted by Gasteiger charge is -2.09. The summed E-state index contributed by atoms with van der Waals surface area (Å²) in [6.45, 7) is 1.69. The fourth-order valence-corrected chi connectivity index (χ4v) is 1.89. The molecule has 3 nitrogen and oxygen atoms in total. The summed E-state index contributed by atoms with van der Waals surface area (Å²) in [5, 5.41) is 14.2. The van der Waals surface area contributed by atoms with Gasteiger partial charge in [-0.2, -0.15) is 0 Å². The molecule has 0 saturated carbocycles. The number of carbonyl (C=O) groups is 1. The highest BCUT2D eigenvalue weighted by Crippen LogP contribution is 2.23. The highest BCUT2D eigenvalue weighted by Gasteiger charge is 2.06. The van der Waals surface area contributed by atoms with Gasteiger partial charge >= 0.3 is 0 Å². The van der Waals surface area contributed by atoms with Gasteiger partial charge in [0.25, 0.3) is 0 Å². The van der Waals surface area contributed by atoms with Crippen LogP contribution in [0.25, 0.3) is 10.8 Å². The van der Waals surface area contributed by atoms with Crippen LogP contribution >= 0.6 is 0 Å². The first kappa shape index (κ1) is 12.6. The highest BCUT2D eigenvalue weighted by molar-refractivity contribution is 6.02. The lowest BCUT2D eigenvalue weighted by Crippen LogP contribution is -2.14. The Morgan fingerprint density at radius 3 is 2.72 bits per heavy atom. The summed E-state index contributed by atoms with van der Waals surface area (Å²) in [7, 11) is 0. The number of aliphatic hydroxyl groups excluding tert-OH is 1. The number of carbonyl (C=O) groups excluding carboxylic acids is 1. The number of anilines is 1. The zero-order chi connectivity index (χ0) is 13.0. The van der Waals surface area contributed by atoms with E-state index in [4.69, 9.17) is 5.11 Å². The molecule has 3 heteroatoms. The van der Waals surface area contributed by atoms with Gasteiger partial charge in [0.15, 0.2) is 0 Å². The number of aliphatic hydroxyl groups is 1. The predicted molar refractivity (Wildman–Crippen MR) is 73.5 cm³/mol. The first-order valence-electron chi connectivity index (χ1n) is 6.12. The van der Waals surface area contributed by atoms with E-state index in [1.165, 1.54) is 0 Å². The van der Waals surface area contributed by atoms with Gasteiger partial charge in [-0.15, -0.1) is 0 Å². The van der Waals surface area contributed by atoms with Gasteiger partial charge in [-0.25, -0.2) is 0 Å². The maximum Gasteiger partial charge on any atom is 0.224 e. The molecule has 1 amide bonds. The molecule has 1 unspecified atom stereocenters. The summed E-state index contributed by atoms with van der Waals surface area (Å²) < 4.78 is 0. The van der Waals surface area contributed by atoms with E-state index in [0.717, 1.165) is 16.5 Å². The molecule has 0 bridgehead atoms. The normalized spacial score (nSPS) is 12.3. The Hall–Kier alpha value is -1.87. The third-order valence-corrected chi connectivity index (χ3v) is 2.85. The summed E-state index contributed by atoms with van der Waals surface area (Å²) in [5.74, 6) is -0.0627. The van der Waals surface area contributed by atoms with Crippen molar-refractivity contribution in [3.05, 3.63) is 42.5 Å². The Balaban J connectivity index is 2.14. The lowest BCUT2D eigenvalue weighted by molar-refractivity contribution is -0.116. The molecule has 94 valence electrons. The number of hydrogen-bond acceptors (Lipinski definition) is 2. The molecular weight excluding hydrogens is 226 g/mol. The average molecular weight is 243 g/mol. The van der Waals surface area contributed by atoms with E-state index in [2.05, 4.69) is 5.32 Å². The van der Waals surface area contributed by atoms with Crippen LogP contribution in [0.5, 0.6) is 0 Å². The first-order valence-corrected chi connectivity index (χ1v) is 6.12. The van der Waals surface area contributed by atoms with E-state index >= 15 is 0 Å². The fraction of sp³-hybridized carbons (Fsp3) is 0.267. The number of nitrogens with one attached hydrogen (secondary N) is 1. The Labute approximate surface area is 106 Å². The van der Waals surface area contributed by atoms with E-state index in [9.17, 15) is 4.79 Å². The van der Waals surface area contributed by atoms with Crippen LogP contribution in [0, 0.1) is 0 Å². The largest absolute Gasteiger partial charge is 0.393 e. The van der Waals surface area contributed by atoms with Crippen molar-refractivity contribution in [3.8, 4) is 0 Å². The Morgan fingerprint density at radius 2 is 1.94 bits per heavy atom. The second-order valence-electron chi connectivity index (χ2n) is 4.46. The number of hydrogen-bond donors (Lipinski definition) is 2. The predicted octanol–water partition coefficient (Wildman–Crippen LogP) is 2.94. The van der Waals surface area contributed by atoms with Crippen LogP contribution in [0.2, 0.25) is 0 Å². The summed E-state index contributed by atoms with van der Waals surface area (Å²) in [6.07, 6.45) is 0.376. The van der Waals surface area contributed by atoms with Gasteiger partial charge in [-0.05, 0) is 24.8 Å². The van der Waals surface area contributed by atoms with Crippen LogP contribution in [0.15, 0.2) is 42.5 Å². The van der Waals surface area contributed by atoms with E-state index in [1.54, 1.807) is 6.92 Å².